The topological polar surface area (TPSA) is 63.7 Å². The summed E-state index contributed by atoms with van der Waals surface area (Å²) in [4.78, 5) is 12.6. The van der Waals surface area contributed by atoms with E-state index in [0.717, 1.165) is 9.87 Å². The summed E-state index contributed by atoms with van der Waals surface area (Å²) in [6.07, 6.45) is 2.58. The second-order valence-corrected chi connectivity index (χ2v) is 7.33. The Labute approximate surface area is 131 Å². The van der Waals surface area contributed by atoms with Gasteiger partial charge in [-0.1, -0.05) is 23.8 Å². The van der Waals surface area contributed by atoms with Crippen LogP contribution in [0, 0.1) is 12.8 Å². The lowest BCUT2D eigenvalue weighted by Crippen LogP contribution is -2.41. The van der Waals surface area contributed by atoms with E-state index in [2.05, 4.69) is 6.58 Å². The Morgan fingerprint density at radius 1 is 1.36 bits per heavy atom. The standard InChI is InChI=1S/C16H21NO4S/c1-4-5-13-10-14(11-21-3)17(16(13)18)22(19,20)15-8-6-12(2)7-9-15/h4,6-9,13-14H,1,5,10-11H2,2-3H3. The summed E-state index contributed by atoms with van der Waals surface area (Å²) in [7, 11) is -2.36. The van der Waals surface area contributed by atoms with E-state index < -0.39 is 16.1 Å². The zero-order valence-electron chi connectivity index (χ0n) is 12.9. The highest BCUT2D eigenvalue weighted by molar-refractivity contribution is 7.89. The van der Waals surface area contributed by atoms with Crippen LogP contribution in [0.4, 0.5) is 0 Å². The molecule has 2 unspecified atom stereocenters. The molecule has 2 atom stereocenters. The molecular weight excluding hydrogens is 302 g/mol. The minimum absolute atomic E-state index is 0.131. The molecule has 0 N–H and O–H groups in total. The molecule has 0 spiro atoms. The van der Waals surface area contributed by atoms with Crippen LogP contribution < -0.4 is 0 Å². The Kier molecular flexibility index (Phi) is 5.03. The predicted octanol–water partition coefficient (Wildman–Crippen LogP) is 2.12. The van der Waals surface area contributed by atoms with Crippen LogP contribution in [0.2, 0.25) is 0 Å². The molecule has 0 saturated carbocycles. The maximum Gasteiger partial charge on any atom is 0.266 e. The van der Waals surface area contributed by atoms with Crippen molar-refractivity contribution in [3.05, 3.63) is 42.5 Å². The number of hydrogen-bond acceptors (Lipinski definition) is 4. The number of ether oxygens (including phenoxy) is 1. The number of benzene rings is 1. The lowest BCUT2D eigenvalue weighted by atomic mass is 10.0. The normalized spacial score (nSPS) is 22.1. The molecule has 1 aliphatic rings. The van der Waals surface area contributed by atoms with E-state index in [-0.39, 0.29) is 23.3 Å². The van der Waals surface area contributed by atoms with Crippen LogP contribution in [-0.4, -0.2) is 38.4 Å². The average molecular weight is 323 g/mol. The van der Waals surface area contributed by atoms with Gasteiger partial charge in [0.2, 0.25) is 5.91 Å². The van der Waals surface area contributed by atoms with Crippen molar-refractivity contribution in [1.29, 1.82) is 0 Å². The number of rotatable bonds is 6. The van der Waals surface area contributed by atoms with Crippen molar-refractivity contribution in [1.82, 2.24) is 4.31 Å². The lowest BCUT2D eigenvalue weighted by Gasteiger charge is -2.23. The van der Waals surface area contributed by atoms with Crippen molar-refractivity contribution in [2.75, 3.05) is 13.7 Å². The van der Waals surface area contributed by atoms with Gasteiger partial charge in [0, 0.05) is 13.0 Å². The molecule has 1 aromatic carbocycles. The molecule has 1 aliphatic heterocycles. The van der Waals surface area contributed by atoms with Gasteiger partial charge < -0.3 is 4.74 Å². The van der Waals surface area contributed by atoms with Crippen LogP contribution in [0.15, 0.2) is 41.8 Å². The Morgan fingerprint density at radius 2 is 2.00 bits per heavy atom. The van der Waals surface area contributed by atoms with Gasteiger partial charge in [0.05, 0.1) is 17.5 Å². The fraction of sp³-hybridized carbons (Fsp3) is 0.438. The van der Waals surface area contributed by atoms with Gasteiger partial charge in [-0.25, -0.2) is 12.7 Å². The Bertz CT molecular complexity index is 651. The molecule has 0 bridgehead atoms. The zero-order valence-corrected chi connectivity index (χ0v) is 13.7. The first-order valence-corrected chi connectivity index (χ1v) is 8.60. The summed E-state index contributed by atoms with van der Waals surface area (Å²) in [6, 6.07) is 6.04. The van der Waals surface area contributed by atoms with E-state index in [1.54, 1.807) is 18.2 Å². The van der Waals surface area contributed by atoms with Gasteiger partial charge >= 0.3 is 0 Å². The maximum atomic E-state index is 12.8. The molecular formula is C16H21NO4S. The number of aryl methyl sites for hydroxylation is 1. The van der Waals surface area contributed by atoms with Crippen molar-refractivity contribution in [3.8, 4) is 0 Å². The second kappa shape index (κ2) is 6.62. The summed E-state index contributed by atoms with van der Waals surface area (Å²) in [6.45, 7) is 5.71. The Morgan fingerprint density at radius 3 is 2.55 bits per heavy atom. The molecule has 1 heterocycles. The van der Waals surface area contributed by atoms with Gasteiger partial charge in [0.1, 0.15) is 0 Å². The Hall–Kier alpha value is -1.66. The molecule has 2 rings (SSSR count). The molecule has 1 saturated heterocycles. The van der Waals surface area contributed by atoms with Crippen LogP contribution in [0.25, 0.3) is 0 Å². The van der Waals surface area contributed by atoms with Gasteiger partial charge in [-0.15, -0.1) is 6.58 Å². The highest BCUT2D eigenvalue weighted by Gasteiger charge is 2.45. The van der Waals surface area contributed by atoms with E-state index in [4.69, 9.17) is 4.74 Å². The van der Waals surface area contributed by atoms with Crippen molar-refractivity contribution < 1.29 is 17.9 Å². The number of nitrogens with zero attached hydrogens (tertiary/aromatic N) is 1. The third-order valence-electron chi connectivity index (χ3n) is 3.84. The first-order chi connectivity index (χ1) is 10.4. The van der Waals surface area contributed by atoms with Gasteiger partial charge in [-0.2, -0.15) is 0 Å². The van der Waals surface area contributed by atoms with Gasteiger partial charge in [-0.3, -0.25) is 4.79 Å². The number of methoxy groups -OCH3 is 1. The van der Waals surface area contributed by atoms with Crippen LogP contribution >= 0.6 is 0 Å². The predicted molar refractivity (Wildman–Crippen MR) is 83.8 cm³/mol. The first-order valence-electron chi connectivity index (χ1n) is 7.16. The first kappa shape index (κ1) is 16.7. The highest BCUT2D eigenvalue weighted by Crippen LogP contribution is 2.33. The summed E-state index contributed by atoms with van der Waals surface area (Å²) in [5, 5.41) is 0. The smallest absolute Gasteiger partial charge is 0.266 e. The van der Waals surface area contributed by atoms with E-state index >= 15 is 0 Å². The SMILES string of the molecule is C=CCC1CC(COC)N(S(=O)(=O)c2ccc(C)cc2)C1=O. The molecule has 5 nitrogen and oxygen atoms in total. The monoisotopic (exact) mass is 323 g/mol. The summed E-state index contributed by atoms with van der Waals surface area (Å²) < 4.78 is 31.7. The van der Waals surface area contributed by atoms with Crippen LogP contribution in [0.1, 0.15) is 18.4 Å². The number of carbonyl (C=O) groups excluding carboxylic acids is 1. The molecule has 1 amide bonds. The Balaban J connectivity index is 2.39. The maximum absolute atomic E-state index is 12.8. The van der Waals surface area contributed by atoms with E-state index in [0.29, 0.717) is 12.8 Å². The summed E-state index contributed by atoms with van der Waals surface area (Å²) in [5.41, 5.74) is 0.963. The molecule has 1 fully saturated rings. The second-order valence-electron chi connectivity index (χ2n) is 5.52. The average Bonchev–Trinajstić information content (AvgIpc) is 2.77. The van der Waals surface area contributed by atoms with Crippen molar-refractivity contribution >= 4 is 15.9 Å². The molecule has 0 radical (unpaired) electrons. The van der Waals surface area contributed by atoms with Gasteiger partial charge in [0.25, 0.3) is 10.0 Å². The minimum Gasteiger partial charge on any atom is -0.383 e. The van der Waals surface area contributed by atoms with Crippen molar-refractivity contribution in [2.24, 2.45) is 5.92 Å². The number of carbonyl (C=O) groups is 1. The number of sulfonamides is 1. The molecule has 1 aromatic rings. The van der Waals surface area contributed by atoms with Gasteiger partial charge in [0.15, 0.2) is 0 Å². The molecule has 0 aliphatic carbocycles. The van der Waals surface area contributed by atoms with E-state index in [1.165, 1.54) is 19.2 Å². The van der Waals surface area contributed by atoms with Gasteiger partial charge in [-0.05, 0) is 31.9 Å². The fourth-order valence-electron chi connectivity index (χ4n) is 2.75. The van der Waals surface area contributed by atoms with Crippen LogP contribution in [0.5, 0.6) is 0 Å². The largest absolute Gasteiger partial charge is 0.383 e. The third-order valence-corrected chi connectivity index (χ3v) is 5.71. The molecule has 0 aromatic heterocycles. The van der Waals surface area contributed by atoms with Crippen molar-refractivity contribution in [3.63, 3.8) is 0 Å². The quantitative estimate of drug-likeness (QED) is 0.752. The van der Waals surface area contributed by atoms with E-state index in [1.807, 2.05) is 6.92 Å². The number of allylic oxidation sites excluding steroid dienone is 1. The zero-order chi connectivity index (χ0) is 16.3. The van der Waals surface area contributed by atoms with Crippen molar-refractivity contribution in [2.45, 2.75) is 30.7 Å². The van der Waals surface area contributed by atoms with Crippen LogP contribution in [0.3, 0.4) is 0 Å². The molecule has 120 valence electrons. The summed E-state index contributed by atoms with van der Waals surface area (Å²) in [5.74, 6) is -0.722. The summed E-state index contributed by atoms with van der Waals surface area (Å²) >= 11 is 0. The number of amides is 1. The molecule has 22 heavy (non-hydrogen) atoms. The fourth-order valence-corrected chi connectivity index (χ4v) is 4.38. The van der Waals surface area contributed by atoms with Crippen LogP contribution in [-0.2, 0) is 19.6 Å². The minimum atomic E-state index is -3.86. The highest BCUT2D eigenvalue weighted by atomic mass is 32.2. The lowest BCUT2D eigenvalue weighted by molar-refractivity contribution is -0.127. The number of hydrogen-bond donors (Lipinski definition) is 0. The third kappa shape index (κ3) is 3.08. The van der Waals surface area contributed by atoms with E-state index in [9.17, 15) is 13.2 Å². The molecule has 6 heteroatoms.